The summed E-state index contributed by atoms with van der Waals surface area (Å²) in [6.45, 7) is 1.78. The van der Waals surface area contributed by atoms with Crippen LogP contribution in [0.1, 0.15) is 15.9 Å². The van der Waals surface area contributed by atoms with Gasteiger partial charge in [-0.15, -0.1) is 0 Å². The highest BCUT2D eigenvalue weighted by molar-refractivity contribution is 7.85. The average Bonchev–Trinajstić information content (AvgIpc) is 2.58. The molecular formula is C18H16N2O5S. The summed E-state index contributed by atoms with van der Waals surface area (Å²) in [5.74, 6) is -0.618. The van der Waals surface area contributed by atoms with Crippen LogP contribution in [0.5, 0.6) is 5.75 Å². The summed E-state index contributed by atoms with van der Waals surface area (Å²) >= 11 is 0. The fourth-order valence-electron chi connectivity index (χ4n) is 2.59. The Morgan fingerprint density at radius 3 is 2.46 bits per heavy atom. The van der Waals surface area contributed by atoms with Gasteiger partial charge in [-0.05, 0) is 54.3 Å². The van der Waals surface area contributed by atoms with Gasteiger partial charge in [-0.3, -0.25) is 9.35 Å². The van der Waals surface area contributed by atoms with Crippen molar-refractivity contribution in [2.24, 2.45) is 0 Å². The monoisotopic (exact) mass is 372 g/mol. The van der Waals surface area contributed by atoms with Crippen LogP contribution in [0.15, 0.2) is 53.4 Å². The minimum Gasteiger partial charge on any atom is -0.506 e. The molecule has 0 aromatic heterocycles. The summed E-state index contributed by atoms with van der Waals surface area (Å²) in [6.07, 6.45) is 0. The first-order valence-electron chi connectivity index (χ1n) is 7.57. The highest BCUT2D eigenvalue weighted by atomic mass is 32.2. The van der Waals surface area contributed by atoms with Gasteiger partial charge in [-0.2, -0.15) is 8.42 Å². The molecule has 0 aliphatic rings. The lowest BCUT2D eigenvalue weighted by atomic mass is 10.1. The van der Waals surface area contributed by atoms with Crippen molar-refractivity contribution in [2.75, 3.05) is 11.1 Å². The van der Waals surface area contributed by atoms with Gasteiger partial charge in [-0.1, -0.05) is 12.1 Å². The van der Waals surface area contributed by atoms with E-state index < -0.39 is 16.0 Å². The molecule has 5 N–H and O–H groups in total. The smallest absolute Gasteiger partial charge is 0.294 e. The van der Waals surface area contributed by atoms with Gasteiger partial charge in [0.25, 0.3) is 16.0 Å². The molecule has 0 unspecified atom stereocenters. The predicted molar refractivity (Wildman–Crippen MR) is 99.0 cm³/mol. The molecule has 8 heteroatoms. The van der Waals surface area contributed by atoms with E-state index >= 15 is 0 Å². The molecule has 0 spiro atoms. The van der Waals surface area contributed by atoms with Crippen LogP contribution in [0, 0.1) is 6.92 Å². The summed E-state index contributed by atoms with van der Waals surface area (Å²) in [6, 6.07) is 11.5. The van der Waals surface area contributed by atoms with Crippen molar-refractivity contribution in [3.05, 3.63) is 59.7 Å². The van der Waals surface area contributed by atoms with Gasteiger partial charge >= 0.3 is 0 Å². The summed E-state index contributed by atoms with van der Waals surface area (Å²) < 4.78 is 31.7. The van der Waals surface area contributed by atoms with E-state index in [1.54, 1.807) is 25.1 Å². The Balaban J connectivity index is 2.05. The van der Waals surface area contributed by atoms with E-state index in [1.165, 1.54) is 30.3 Å². The maximum absolute atomic E-state index is 12.5. The van der Waals surface area contributed by atoms with Crippen LogP contribution in [0.25, 0.3) is 10.8 Å². The van der Waals surface area contributed by atoms with Crippen LogP contribution >= 0.6 is 0 Å². The Morgan fingerprint density at radius 2 is 1.81 bits per heavy atom. The van der Waals surface area contributed by atoms with Gasteiger partial charge in [0.1, 0.15) is 5.75 Å². The fraction of sp³-hybridized carbons (Fsp3) is 0.0556. The van der Waals surface area contributed by atoms with Gasteiger partial charge in [-0.25, -0.2) is 0 Å². The Bertz CT molecular complexity index is 1140. The van der Waals surface area contributed by atoms with Crippen LogP contribution in [-0.4, -0.2) is 24.0 Å². The Morgan fingerprint density at radius 1 is 1.08 bits per heavy atom. The van der Waals surface area contributed by atoms with Gasteiger partial charge in [0.15, 0.2) is 0 Å². The second kappa shape index (κ2) is 6.32. The number of nitrogen functional groups attached to an aromatic ring is 1. The molecule has 0 bridgehead atoms. The molecule has 0 saturated carbocycles. The number of phenolic OH excluding ortho intramolecular Hbond substituents is 1. The number of aromatic hydroxyl groups is 1. The van der Waals surface area contributed by atoms with Gasteiger partial charge in [0.05, 0.1) is 10.6 Å². The van der Waals surface area contributed by atoms with Crippen LogP contribution in [0.2, 0.25) is 0 Å². The lowest BCUT2D eigenvalue weighted by Gasteiger charge is -2.12. The van der Waals surface area contributed by atoms with Crippen molar-refractivity contribution in [2.45, 2.75) is 11.8 Å². The Labute approximate surface area is 149 Å². The summed E-state index contributed by atoms with van der Waals surface area (Å²) in [5, 5.41) is 13.6. The molecule has 26 heavy (non-hydrogen) atoms. The highest BCUT2D eigenvalue weighted by Gasteiger charge is 2.15. The molecule has 3 aromatic rings. The number of rotatable bonds is 3. The molecule has 3 rings (SSSR count). The SMILES string of the molecule is Cc1cc(C(=O)Nc2c(O)ccc3cc(S(=O)(=O)O)ccc23)ccc1N. The number of fused-ring (bicyclic) bond motifs is 1. The van der Waals surface area contributed by atoms with Gasteiger partial charge < -0.3 is 16.2 Å². The molecule has 0 fully saturated rings. The fourth-order valence-corrected chi connectivity index (χ4v) is 3.11. The number of hydrogen-bond donors (Lipinski definition) is 4. The lowest BCUT2D eigenvalue weighted by molar-refractivity contribution is 0.102. The number of anilines is 2. The number of benzene rings is 3. The highest BCUT2D eigenvalue weighted by Crippen LogP contribution is 2.34. The number of carbonyl (C=O) groups excluding carboxylic acids is 1. The molecular weight excluding hydrogens is 356 g/mol. The summed E-state index contributed by atoms with van der Waals surface area (Å²) in [5.41, 5.74) is 7.56. The maximum Gasteiger partial charge on any atom is 0.294 e. The molecule has 0 radical (unpaired) electrons. The topological polar surface area (TPSA) is 130 Å². The number of phenols is 1. The quantitative estimate of drug-likeness (QED) is 0.318. The zero-order chi connectivity index (χ0) is 19.1. The molecule has 0 atom stereocenters. The molecule has 0 aliphatic carbocycles. The molecule has 134 valence electrons. The third-order valence-corrected chi connectivity index (χ3v) is 4.89. The van der Waals surface area contributed by atoms with Crippen molar-refractivity contribution in [3.8, 4) is 5.75 Å². The van der Waals surface area contributed by atoms with Crippen LogP contribution in [0.3, 0.4) is 0 Å². The first-order valence-corrected chi connectivity index (χ1v) is 9.01. The van der Waals surface area contributed by atoms with Crippen molar-refractivity contribution < 1.29 is 22.9 Å². The van der Waals surface area contributed by atoms with Crippen LogP contribution in [-0.2, 0) is 10.1 Å². The Kier molecular flexibility index (Phi) is 4.31. The van der Waals surface area contributed by atoms with Crippen molar-refractivity contribution in [1.29, 1.82) is 0 Å². The van der Waals surface area contributed by atoms with E-state index in [1.807, 2.05) is 0 Å². The maximum atomic E-state index is 12.5. The van der Waals surface area contributed by atoms with E-state index in [0.717, 1.165) is 5.56 Å². The van der Waals surface area contributed by atoms with E-state index in [4.69, 9.17) is 10.3 Å². The molecule has 0 heterocycles. The Hall–Kier alpha value is -3.10. The number of nitrogens with two attached hydrogens (primary N) is 1. The molecule has 3 aromatic carbocycles. The number of carbonyl (C=O) groups is 1. The second-order valence-corrected chi connectivity index (χ2v) is 7.26. The molecule has 7 nitrogen and oxygen atoms in total. The number of hydrogen-bond acceptors (Lipinski definition) is 5. The minimum absolute atomic E-state index is 0.142. The predicted octanol–water partition coefficient (Wildman–Crippen LogP) is 2.94. The molecule has 1 amide bonds. The first kappa shape index (κ1) is 17.7. The van der Waals surface area contributed by atoms with Crippen molar-refractivity contribution in [3.63, 3.8) is 0 Å². The number of amides is 1. The third kappa shape index (κ3) is 3.32. The first-order chi connectivity index (χ1) is 12.2. The zero-order valence-corrected chi connectivity index (χ0v) is 14.5. The van der Waals surface area contributed by atoms with E-state index in [9.17, 15) is 18.3 Å². The minimum atomic E-state index is -4.35. The molecule has 0 saturated heterocycles. The average molecular weight is 372 g/mol. The van der Waals surface area contributed by atoms with Crippen molar-refractivity contribution in [1.82, 2.24) is 0 Å². The molecule has 0 aliphatic heterocycles. The zero-order valence-electron chi connectivity index (χ0n) is 13.7. The second-order valence-electron chi connectivity index (χ2n) is 5.84. The third-order valence-electron chi connectivity index (χ3n) is 4.04. The lowest BCUT2D eigenvalue weighted by Crippen LogP contribution is -2.13. The van der Waals surface area contributed by atoms with E-state index in [0.29, 0.717) is 22.0 Å². The number of nitrogens with one attached hydrogen (secondary N) is 1. The number of aryl methyl sites for hydroxylation is 1. The van der Waals surface area contributed by atoms with Crippen molar-refractivity contribution >= 4 is 38.2 Å². The van der Waals surface area contributed by atoms with E-state index in [2.05, 4.69) is 5.32 Å². The summed E-state index contributed by atoms with van der Waals surface area (Å²) in [7, 11) is -4.35. The summed E-state index contributed by atoms with van der Waals surface area (Å²) in [4.78, 5) is 12.2. The van der Waals surface area contributed by atoms with Crippen LogP contribution in [0.4, 0.5) is 11.4 Å². The standard InChI is InChI=1S/C18H16N2O5S/c1-10-8-12(2-6-15(10)19)18(22)20-17-14-5-4-13(26(23,24)25)9-11(14)3-7-16(17)21/h2-9,21H,19H2,1H3,(H,20,22)(H,23,24,25). The van der Waals surface area contributed by atoms with Gasteiger partial charge in [0, 0.05) is 16.6 Å². The van der Waals surface area contributed by atoms with E-state index in [-0.39, 0.29) is 16.3 Å². The van der Waals surface area contributed by atoms with Gasteiger partial charge in [0.2, 0.25) is 0 Å². The van der Waals surface area contributed by atoms with Crippen LogP contribution < -0.4 is 11.1 Å². The largest absolute Gasteiger partial charge is 0.506 e. The normalized spacial score (nSPS) is 11.5.